The van der Waals surface area contributed by atoms with Gasteiger partial charge in [0, 0.05) is 12.1 Å². The number of ether oxygens (including phenoxy) is 1. The van der Waals surface area contributed by atoms with Crippen molar-refractivity contribution in [3.8, 4) is 5.75 Å². The molecule has 1 aromatic carbocycles. The SMILES string of the molecule is COc1ccc(C2CS(=O)(=O)CCC(C)N2)cc1. The van der Waals surface area contributed by atoms with Crippen LogP contribution in [0.3, 0.4) is 0 Å². The van der Waals surface area contributed by atoms with E-state index < -0.39 is 9.84 Å². The van der Waals surface area contributed by atoms with Crippen molar-refractivity contribution >= 4 is 9.84 Å². The van der Waals surface area contributed by atoms with Crippen molar-refractivity contribution in [2.24, 2.45) is 0 Å². The summed E-state index contributed by atoms with van der Waals surface area (Å²) in [5.41, 5.74) is 0.994. The van der Waals surface area contributed by atoms with Gasteiger partial charge in [-0.1, -0.05) is 12.1 Å². The third-order valence-corrected chi connectivity index (χ3v) is 4.99. The molecule has 1 heterocycles. The van der Waals surface area contributed by atoms with E-state index in [9.17, 15) is 8.42 Å². The van der Waals surface area contributed by atoms with E-state index in [0.717, 1.165) is 11.3 Å². The second-order valence-corrected chi connectivity index (χ2v) is 7.03. The molecule has 1 aliphatic heterocycles. The Bertz CT molecular complexity index is 495. The van der Waals surface area contributed by atoms with Crippen LogP contribution in [-0.4, -0.2) is 33.1 Å². The molecule has 0 radical (unpaired) electrons. The van der Waals surface area contributed by atoms with E-state index in [0.29, 0.717) is 6.42 Å². The van der Waals surface area contributed by atoms with Crippen LogP contribution in [0.5, 0.6) is 5.75 Å². The Labute approximate surface area is 108 Å². The number of sulfone groups is 1. The fourth-order valence-corrected chi connectivity index (χ4v) is 3.87. The molecule has 0 aliphatic carbocycles. The first-order chi connectivity index (χ1) is 8.50. The minimum Gasteiger partial charge on any atom is -0.497 e. The van der Waals surface area contributed by atoms with Gasteiger partial charge in [-0.05, 0) is 31.0 Å². The first-order valence-electron chi connectivity index (χ1n) is 6.10. The Kier molecular flexibility index (Phi) is 3.92. The third kappa shape index (κ3) is 3.23. The van der Waals surface area contributed by atoms with Crippen LogP contribution >= 0.6 is 0 Å². The monoisotopic (exact) mass is 269 g/mol. The normalized spacial score (nSPS) is 27.4. The van der Waals surface area contributed by atoms with Gasteiger partial charge in [0.05, 0.1) is 18.6 Å². The largest absolute Gasteiger partial charge is 0.497 e. The van der Waals surface area contributed by atoms with Gasteiger partial charge in [0.15, 0.2) is 9.84 Å². The van der Waals surface area contributed by atoms with E-state index in [4.69, 9.17) is 4.74 Å². The molecule has 0 spiro atoms. The maximum atomic E-state index is 11.9. The van der Waals surface area contributed by atoms with Gasteiger partial charge in [0.2, 0.25) is 0 Å². The van der Waals surface area contributed by atoms with Crippen LogP contribution in [0.1, 0.15) is 24.9 Å². The minimum absolute atomic E-state index is 0.126. The lowest BCUT2D eigenvalue weighted by atomic mass is 10.1. The van der Waals surface area contributed by atoms with Crippen LogP contribution in [0, 0.1) is 0 Å². The standard InChI is InChI=1S/C13H19NO3S/c1-10-7-8-18(15,16)9-13(14-10)11-3-5-12(17-2)6-4-11/h3-6,10,13-14H,7-9H2,1-2H3. The average molecular weight is 269 g/mol. The number of rotatable bonds is 2. The second kappa shape index (κ2) is 5.28. The molecule has 0 saturated carbocycles. The average Bonchev–Trinajstić information content (AvgIpc) is 2.48. The van der Waals surface area contributed by atoms with Crippen LogP contribution in [0.2, 0.25) is 0 Å². The molecule has 1 aliphatic rings. The molecule has 5 heteroatoms. The summed E-state index contributed by atoms with van der Waals surface area (Å²) in [5, 5.41) is 3.37. The summed E-state index contributed by atoms with van der Waals surface area (Å²) in [7, 11) is -1.34. The lowest BCUT2D eigenvalue weighted by Crippen LogP contribution is -2.30. The second-order valence-electron chi connectivity index (χ2n) is 4.80. The molecule has 18 heavy (non-hydrogen) atoms. The van der Waals surface area contributed by atoms with Crippen LogP contribution in [-0.2, 0) is 9.84 Å². The number of benzene rings is 1. The summed E-state index contributed by atoms with van der Waals surface area (Å²) < 4.78 is 28.8. The smallest absolute Gasteiger partial charge is 0.152 e. The Hall–Kier alpha value is -1.07. The third-order valence-electron chi connectivity index (χ3n) is 3.29. The van der Waals surface area contributed by atoms with Crippen LogP contribution < -0.4 is 10.1 Å². The van der Waals surface area contributed by atoms with Gasteiger partial charge in [-0.15, -0.1) is 0 Å². The van der Waals surface area contributed by atoms with E-state index in [2.05, 4.69) is 5.32 Å². The predicted molar refractivity (Wildman–Crippen MR) is 71.6 cm³/mol. The minimum atomic E-state index is -2.96. The molecule has 2 atom stereocenters. The van der Waals surface area contributed by atoms with Gasteiger partial charge in [-0.2, -0.15) is 0 Å². The molecule has 1 saturated heterocycles. The van der Waals surface area contributed by atoms with Crippen molar-refractivity contribution in [3.05, 3.63) is 29.8 Å². The van der Waals surface area contributed by atoms with Crippen LogP contribution in [0.15, 0.2) is 24.3 Å². The highest BCUT2D eigenvalue weighted by atomic mass is 32.2. The Balaban J connectivity index is 2.23. The first-order valence-corrected chi connectivity index (χ1v) is 7.93. The van der Waals surface area contributed by atoms with Crippen LogP contribution in [0.4, 0.5) is 0 Å². The van der Waals surface area contributed by atoms with Gasteiger partial charge < -0.3 is 10.1 Å². The molecular formula is C13H19NO3S. The van der Waals surface area contributed by atoms with Gasteiger partial charge in [-0.25, -0.2) is 8.42 Å². The maximum Gasteiger partial charge on any atom is 0.152 e. The zero-order chi connectivity index (χ0) is 13.2. The maximum absolute atomic E-state index is 11.9. The molecule has 2 unspecified atom stereocenters. The summed E-state index contributed by atoms with van der Waals surface area (Å²) >= 11 is 0. The zero-order valence-corrected chi connectivity index (χ0v) is 11.5. The van der Waals surface area contributed by atoms with Crippen molar-refractivity contribution in [3.63, 3.8) is 0 Å². The summed E-state index contributed by atoms with van der Waals surface area (Å²) in [4.78, 5) is 0. The molecule has 0 aromatic heterocycles. The van der Waals surface area contributed by atoms with Gasteiger partial charge in [0.1, 0.15) is 5.75 Å². The number of hydrogen-bond acceptors (Lipinski definition) is 4. The molecule has 2 rings (SSSR count). The molecular weight excluding hydrogens is 250 g/mol. The van der Waals surface area contributed by atoms with Gasteiger partial charge in [-0.3, -0.25) is 0 Å². The van der Waals surface area contributed by atoms with Crippen molar-refractivity contribution in [1.82, 2.24) is 5.32 Å². The summed E-state index contributed by atoms with van der Waals surface area (Å²) in [5.74, 6) is 1.22. The lowest BCUT2D eigenvalue weighted by molar-refractivity contribution is 0.414. The van der Waals surface area contributed by atoms with Gasteiger partial charge in [0.25, 0.3) is 0 Å². The molecule has 0 amide bonds. The van der Waals surface area contributed by atoms with Crippen molar-refractivity contribution in [1.29, 1.82) is 0 Å². The molecule has 100 valence electrons. The molecule has 0 bridgehead atoms. The van der Waals surface area contributed by atoms with E-state index in [1.807, 2.05) is 31.2 Å². The highest BCUT2D eigenvalue weighted by Crippen LogP contribution is 2.22. The summed E-state index contributed by atoms with van der Waals surface area (Å²) in [6.45, 7) is 2.03. The zero-order valence-electron chi connectivity index (χ0n) is 10.7. The van der Waals surface area contributed by atoms with Crippen molar-refractivity contribution < 1.29 is 13.2 Å². The topological polar surface area (TPSA) is 55.4 Å². The summed E-state index contributed by atoms with van der Waals surface area (Å²) in [6.07, 6.45) is 0.676. The summed E-state index contributed by atoms with van der Waals surface area (Å²) in [6, 6.07) is 7.65. The molecule has 1 fully saturated rings. The molecule has 4 nitrogen and oxygen atoms in total. The number of nitrogens with one attached hydrogen (secondary N) is 1. The van der Waals surface area contributed by atoms with Gasteiger partial charge >= 0.3 is 0 Å². The highest BCUT2D eigenvalue weighted by molar-refractivity contribution is 7.91. The lowest BCUT2D eigenvalue weighted by Gasteiger charge is -2.19. The fraction of sp³-hybridized carbons (Fsp3) is 0.538. The number of hydrogen-bond donors (Lipinski definition) is 1. The van der Waals surface area contributed by atoms with Crippen molar-refractivity contribution in [2.45, 2.75) is 25.4 Å². The van der Waals surface area contributed by atoms with E-state index in [-0.39, 0.29) is 23.6 Å². The quantitative estimate of drug-likeness (QED) is 0.884. The predicted octanol–water partition coefficient (Wildman–Crippen LogP) is 1.53. The van der Waals surface area contributed by atoms with E-state index in [1.165, 1.54) is 0 Å². The molecule has 1 N–H and O–H groups in total. The van der Waals surface area contributed by atoms with Crippen LogP contribution in [0.25, 0.3) is 0 Å². The molecule has 1 aromatic rings. The van der Waals surface area contributed by atoms with Crippen molar-refractivity contribution in [2.75, 3.05) is 18.6 Å². The fourth-order valence-electron chi connectivity index (χ4n) is 2.20. The van der Waals surface area contributed by atoms with E-state index in [1.54, 1.807) is 7.11 Å². The highest BCUT2D eigenvalue weighted by Gasteiger charge is 2.26. The van der Waals surface area contributed by atoms with E-state index >= 15 is 0 Å². The Morgan fingerprint density at radius 2 is 1.94 bits per heavy atom. The first kappa shape index (κ1) is 13.4. The number of methoxy groups -OCH3 is 1. The Morgan fingerprint density at radius 3 is 2.56 bits per heavy atom. The Morgan fingerprint density at radius 1 is 1.28 bits per heavy atom.